The van der Waals surface area contributed by atoms with Crippen molar-refractivity contribution in [2.24, 2.45) is 5.92 Å². The Morgan fingerprint density at radius 2 is 1.83 bits per heavy atom. The quantitative estimate of drug-likeness (QED) is 0.630. The molecule has 0 radical (unpaired) electrons. The van der Waals surface area contributed by atoms with Gasteiger partial charge in [-0.15, -0.1) is 0 Å². The summed E-state index contributed by atoms with van der Waals surface area (Å²) in [7, 11) is -3.38. The number of sulfonamides is 1. The van der Waals surface area contributed by atoms with Gasteiger partial charge in [0, 0.05) is 18.7 Å². The molecule has 0 bridgehead atoms. The average molecular weight is 272 g/mol. The highest BCUT2D eigenvalue weighted by atomic mass is 32.2. The van der Waals surface area contributed by atoms with Crippen molar-refractivity contribution >= 4 is 15.7 Å². The molecule has 0 amide bonds. The number of benzene rings is 1. The van der Waals surface area contributed by atoms with Crippen molar-refractivity contribution in [1.29, 1.82) is 0 Å². The number of nitrogens with one attached hydrogen (secondary N) is 1. The molecule has 0 aliphatic rings. The summed E-state index contributed by atoms with van der Waals surface area (Å²) in [5.41, 5.74) is 0.475. The monoisotopic (exact) mass is 272 g/mol. The Kier molecular flexibility index (Phi) is 4.80. The zero-order valence-electron chi connectivity index (χ0n) is 10.3. The smallest absolute Gasteiger partial charge is 0.258 e. The first-order valence-corrected chi connectivity index (χ1v) is 7.16. The van der Waals surface area contributed by atoms with E-state index in [-0.39, 0.29) is 17.4 Å². The van der Waals surface area contributed by atoms with Crippen LogP contribution in [0.3, 0.4) is 0 Å². The van der Waals surface area contributed by atoms with Crippen molar-refractivity contribution in [3.05, 3.63) is 39.9 Å². The van der Waals surface area contributed by atoms with Crippen LogP contribution >= 0.6 is 0 Å². The maximum atomic E-state index is 11.7. The zero-order chi connectivity index (χ0) is 13.8. The third-order valence-corrected chi connectivity index (χ3v) is 3.54. The molecule has 7 heteroatoms. The Hall–Kier alpha value is -1.47. The normalized spacial score (nSPS) is 11.7. The summed E-state index contributed by atoms with van der Waals surface area (Å²) in [6.07, 6.45) is 0. The minimum atomic E-state index is -3.38. The van der Waals surface area contributed by atoms with E-state index in [1.165, 1.54) is 24.3 Å². The first kappa shape index (κ1) is 14.6. The second-order valence-corrected chi connectivity index (χ2v) is 6.23. The van der Waals surface area contributed by atoms with Crippen molar-refractivity contribution in [2.75, 3.05) is 6.54 Å². The molecule has 0 heterocycles. The molecule has 0 aliphatic heterocycles. The van der Waals surface area contributed by atoms with Gasteiger partial charge in [0.1, 0.15) is 0 Å². The Bertz CT molecular complexity index is 508. The van der Waals surface area contributed by atoms with E-state index >= 15 is 0 Å². The molecule has 1 N–H and O–H groups in total. The van der Waals surface area contributed by atoms with Crippen LogP contribution in [0.2, 0.25) is 0 Å². The van der Waals surface area contributed by atoms with E-state index in [0.29, 0.717) is 12.1 Å². The largest absolute Gasteiger partial charge is 0.269 e. The third kappa shape index (κ3) is 4.80. The molecule has 6 nitrogen and oxygen atoms in total. The highest BCUT2D eigenvalue weighted by Crippen LogP contribution is 2.13. The molecule has 0 unspecified atom stereocenters. The highest BCUT2D eigenvalue weighted by Gasteiger charge is 2.13. The molecular weight excluding hydrogens is 256 g/mol. The minimum Gasteiger partial charge on any atom is -0.258 e. The van der Waals surface area contributed by atoms with Crippen molar-refractivity contribution in [3.63, 3.8) is 0 Å². The standard InChI is InChI=1S/C11H16N2O4S/c1-9(2)7-12-18(16,17)8-10-3-5-11(6-4-10)13(14)15/h3-6,9,12H,7-8H2,1-2H3. The predicted molar refractivity (Wildman–Crippen MR) is 68.6 cm³/mol. The van der Waals surface area contributed by atoms with E-state index in [9.17, 15) is 18.5 Å². The summed E-state index contributed by atoms with van der Waals surface area (Å²) in [5.74, 6) is 0.0641. The fourth-order valence-electron chi connectivity index (χ4n) is 1.28. The molecule has 0 saturated heterocycles. The van der Waals surface area contributed by atoms with Gasteiger partial charge < -0.3 is 0 Å². The van der Waals surface area contributed by atoms with Gasteiger partial charge in [0.15, 0.2) is 0 Å². The third-order valence-electron chi connectivity index (χ3n) is 2.22. The second-order valence-electron chi connectivity index (χ2n) is 4.42. The van der Waals surface area contributed by atoms with Gasteiger partial charge in [-0.25, -0.2) is 13.1 Å². The van der Waals surface area contributed by atoms with Crippen molar-refractivity contribution in [2.45, 2.75) is 19.6 Å². The fraction of sp³-hybridized carbons (Fsp3) is 0.455. The van der Waals surface area contributed by atoms with Crippen LogP contribution in [0, 0.1) is 16.0 Å². The van der Waals surface area contributed by atoms with Crippen LogP contribution in [0.15, 0.2) is 24.3 Å². The SMILES string of the molecule is CC(C)CNS(=O)(=O)Cc1ccc([N+](=O)[O-])cc1. The van der Waals surface area contributed by atoms with E-state index in [4.69, 9.17) is 0 Å². The number of hydrogen-bond donors (Lipinski definition) is 1. The Morgan fingerprint density at radius 3 is 2.28 bits per heavy atom. The van der Waals surface area contributed by atoms with Gasteiger partial charge in [-0.2, -0.15) is 0 Å². The van der Waals surface area contributed by atoms with E-state index in [1.54, 1.807) is 0 Å². The summed E-state index contributed by atoms with van der Waals surface area (Å²) in [5, 5.41) is 10.4. The molecular formula is C11H16N2O4S. The summed E-state index contributed by atoms with van der Waals surface area (Å²) in [6, 6.07) is 5.50. The van der Waals surface area contributed by atoms with Crippen LogP contribution in [0.25, 0.3) is 0 Å². The van der Waals surface area contributed by atoms with Crippen LogP contribution in [0.5, 0.6) is 0 Å². The van der Waals surface area contributed by atoms with E-state index < -0.39 is 14.9 Å². The lowest BCUT2D eigenvalue weighted by Crippen LogP contribution is -2.28. The molecule has 18 heavy (non-hydrogen) atoms. The lowest BCUT2D eigenvalue weighted by atomic mass is 10.2. The maximum Gasteiger partial charge on any atom is 0.269 e. The van der Waals surface area contributed by atoms with Gasteiger partial charge in [-0.05, 0) is 11.5 Å². The molecule has 1 aromatic carbocycles. The zero-order valence-corrected chi connectivity index (χ0v) is 11.1. The van der Waals surface area contributed by atoms with Crippen LogP contribution in [0.4, 0.5) is 5.69 Å². The lowest BCUT2D eigenvalue weighted by molar-refractivity contribution is -0.384. The van der Waals surface area contributed by atoms with Gasteiger partial charge >= 0.3 is 0 Å². The minimum absolute atomic E-state index is 0.0497. The van der Waals surface area contributed by atoms with E-state index in [0.717, 1.165) is 0 Å². The first-order chi connectivity index (χ1) is 8.30. The summed E-state index contributed by atoms with van der Waals surface area (Å²) in [6.45, 7) is 4.21. The molecule has 0 aliphatic carbocycles. The average Bonchev–Trinajstić information content (AvgIpc) is 2.27. The molecule has 100 valence electrons. The van der Waals surface area contributed by atoms with Gasteiger partial charge in [-0.1, -0.05) is 26.0 Å². The summed E-state index contributed by atoms with van der Waals surface area (Å²) >= 11 is 0. The van der Waals surface area contributed by atoms with Crippen LogP contribution < -0.4 is 4.72 Å². The summed E-state index contributed by atoms with van der Waals surface area (Å²) < 4.78 is 25.8. The second kappa shape index (κ2) is 5.92. The molecule has 1 aromatic rings. The number of nitro groups is 1. The van der Waals surface area contributed by atoms with Gasteiger partial charge in [0.2, 0.25) is 10.0 Å². The Morgan fingerprint density at radius 1 is 1.28 bits per heavy atom. The lowest BCUT2D eigenvalue weighted by Gasteiger charge is -2.08. The fourth-order valence-corrected chi connectivity index (χ4v) is 2.60. The summed E-state index contributed by atoms with van der Waals surface area (Å²) in [4.78, 5) is 9.93. The number of nitrogens with zero attached hydrogens (tertiary/aromatic N) is 1. The molecule has 0 atom stereocenters. The first-order valence-electron chi connectivity index (χ1n) is 5.51. The molecule has 0 fully saturated rings. The maximum absolute atomic E-state index is 11.7. The van der Waals surface area contributed by atoms with Gasteiger partial charge in [0.25, 0.3) is 5.69 Å². The molecule has 0 saturated carbocycles. The molecule has 1 rings (SSSR count). The predicted octanol–water partition coefficient (Wildman–Crippen LogP) is 1.67. The van der Waals surface area contributed by atoms with Gasteiger partial charge in [0.05, 0.1) is 10.7 Å². The Labute approximate surface area is 106 Å². The molecule has 0 aromatic heterocycles. The van der Waals surface area contributed by atoms with Crippen molar-refractivity contribution < 1.29 is 13.3 Å². The molecule has 0 spiro atoms. The Balaban J connectivity index is 2.69. The van der Waals surface area contributed by atoms with Crippen LogP contribution in [0.1, 0.15) is 19.4 Å². The van der Waals surface area contributed by atoms with Gasteiger partial charge in [-0.3, -0.25) is 10.1 Å². The van der Waals surface area contributed by atoms with E-state index in [2.05, 4.69) is 4.72 Å². The topological polar surface area (TPSA) is 89.3 Å². The van der Waals surface area contributed by atoms with Crippen molar-refractivity contribution in [3.8, 4) is 0 Å². The number of non-ortho nitro benzene ring substituents is 1. The van der Waals surface area contributed by atoms with Crippen LogP contribution in [-0.4, -0.2) is 19.9 Å². The highest BCUT2D eigenvalue weighted by molar-refractivity contribution is 7.88. The van der Waals surface area contributed by atoms with Crippen molar-refractivity contribution in [1.82, 2.24) is 4.72 Å². The number of rotatable bonds is 6. The van der Waals surface area contributed by atoms with Crippen LogP contribution in [-0.2, 0) is 15.8 Å². The number of nitro benzene ring substituents is 1. The van der Waals surface area contributed by atoms with E-state index in [1.807, 2.05) is 13.8 Å². The number of hydrogen-bond acceptors (Lipinski definition) is 4.